The molecule has 2 aromatic rings. The zero-order chi connectivity index (χ0) is 23.0. The number of carbonyl (C=O) groups is 2. The number of benzene rings is 2. The molecule has 2 rings (SSSR count). The second-order valence-electron chi connectivity index (χ2n) is 6.75. The van der Waals surface area contributed by atoms with Gasteiger partial charge in [-0.05, 0) is 25.4 Å². The molecule has 0 atom stereocenters. The number of hydrogen-bond donors (Lipinski definition) is 0. The topological polar surface area (TPSA) is 34.1 Å². The summed E-state index contributed by atoms with van der Waals surface area (Å²) in [5.41, 5.74) is 3.33. The Morgan fingerprint density at radius 1 is 0.724 bits per heavy atom. The molecular formula is C22H29AlCl4O2. The maximum Gasteiger partial charge on any atom is 0.643 e. The normalized spacial score (nSPS) is 9.24. The van der Waals surface area contributed by atoms with Crippen molar-refractivity contribution >= 4 is 64.2 Å². The third-order valence-corrected chi connectivity index (χ3v) is 3.69. The van der Waals surface area contributed by atoms with Crippen LogP contribution in [0.1, 0.15) is 49.2 Å². The molecule has 0 N–H and O–H groups in total. The van der Waals surface area contributed by atoms with Crippen LogP contribution in [0.15, 0.2) is 54.6 Å². The van der Waals surface area contributed by atoms with Crippen LogP contribution in [0, 0.1) is 25.7 Å². The van der Waals surface area contributed by atoms with E-state index >= 15 is 0 Å². The maximum atomic E-state index is 11.5. The first-order valence-electron chi connectivity index (χ1n) is 9.12. The van der Waals surface area contributed by atoms with E-state index in [-0.39, 0.29) is 22.9 Å². The number of ketones is 1. The highest BCUT2D eigenvalue weighted by Crippen LogP contribution is 2.09. The fraction of sp³-hybridized carbons (Fsp3) is 0.364. The van der Waals surface area contributed by atoms with Crippen molar-refractivity contribution in [2.24, 2.45) is 11.8 Å². The number of Topliss-reactive ketones (excluding diaryl/α,β-unsaturated/α-hetero) is 1. The SMILES string of the molecule is CC(C)C(=O)Cl.Cc1ccc(C(=O)C(C)C)cc1.Cc1ccccc1.[Cl][Al]([Cl])[Cl]. The molecule has 0 bridgehead atoms. The molecule has 0 saturated heterocycles. The molecule has 0 aliphatic carbocycles. The summed E-state index contributed by atoms with van der Waals surface area (Å²) in [6, 6.07) is 18.0. The Kier molecular flexibility index (Phi) is 19.3. The minimum absolute atomic E-state index is 0.0216. The van der Waals surface area contributed by atoms with Crippen molar-refractivity contribution in [2.75, 3.05) is 0 Å². The zero-order valence-electron chi connectivity index (χ0n) is 17.8. The number of halogens is 4. The first-order chi connectivity index (χ1) is 13.4. The zero-order valence-corrected chi connectivity index (χ0v) is 21.9. The average molecular weight is 494 g/mol. The number of rotatable bonds is 3. The molecule has 0 unspecified atom stereocenters. The van der Waals surface area contributed by atoms with E-state index < -0.39 is 11.4 Å². The van der Waals surface area contributed by atoms with Gasteiger partial charge < -0.3 is 0 Å². The van der Waals surface area contributed by atoms with E-state index in [9.17, 15) is 9.59 Å². The van der Waals surface area contributed by atoms with Gasteiger partial charge in [0.1, 0.15) is 0 Å². The van der Waals surface area contributed by atoms with E-state index in [4.69, 9.17) is 41.7 Å². The first kappa shape index (κ1) is 30.7. The van der Waals surface area contributed by atoms with Crippen LogP contribution in [0.3, 0.4) is 0 Å². The largest absolute Gasteiger partial charge is 0.643 e. The molecule has 0 aliphatic rings. The lowest BCUT2D eigenvalue weighted by molar-refractivity contribution is -0.114. The van der Waals surface area contributed by atoms with Crippen LogP contribution in [0.5, 0.6) is 0 Å². The third kappa shape index (κ3) is 20.5. The van der Waals surface area contributed by atoms with Crippen molar-refractivity contribution in [1.82, 2.24) is 0 Å². The molecule has 0 spiro atoms. The summed E-state index contributed by atoms with van der Waals surface area (Å²) in [4.78, 5) is 21.4. The summed E-state index contributed by atoms with van der Waals surface area (Å²) in [5, 5.41) is -0.269. The molecule has 0 heterocycles. The van der Waals surface area contributed by atoms with Gasteiger partial charge in [0.25, 0.3) is 0 Å². The lowest BCUT2D eigenvalue weighted by Crippen LogP contribution is -2.06. The molecule has 0 amide bonds. The van der Waals surface area contributed by atoms with Crippen LogP contribution < -0.4 is 0 Å². The van der Waals surface area contributed by atoms with Crippen LogP contribution >= 0.6 is 41.7 Å². The summed E-state index contributed by atoms with van der Waals surface area (Å²) in [5.74, 6) is 0.286. The minimum Gasteiger partial charge on any atom is -0.294 e. The maximum absolute atomic E-state index is 11.5. The number of hydrogen-bond acceptors (Lipinski definition) is 2. The Bertz CT molecular complexity index is 685. The molecule has 7 heteroatoms. The van der Waals surface area contributed by atoms with Crippen LogP contribution in [0.25, 0.3) is 0 Å². The van der Waals surface area contributed by atoms with Crippen LogP contribution in [0.2, 0.25) is 0 Å². The van der Waals surface area contributed by atoms with Gasteiger partial charge in [0.15, 0.2) is 5.78 Å². The second kappa shape index (κ2) is 18.3. The van der Waals surface area contributed by atoms with E-state index in [2.05, 4.69) is 19.1 Å². The predicted octanol–water partition coefficient (Wildman–Crippen LogP) is 7.92. The minimum atomic E-state index is -1.72. The molecule has 0 saturated carbocycles. The Morgan fingerprint density at radius 2 is 1.07 bits per heavy atom. The van der Waals surface area contributed by atoms with Gasteiger partial charge in [-0.1, -0.05) is 93.4 Å². The van der Waals surface area contributed by atoms with E-state index in [0.717, 1.165) is 5.56 Å². The quantitative estimate of drug-likeness (QED) is 0.247. The standard InChI is InChI=1S/C11H14O.C7H8.C4H7ClO.Al.3ClH/c1-8(2)11(12)10-6-4-9(3)5-7-10;1-7-5-3-2-4-6-7;1-3(2)4(5)6;;;;/h4-8H,1-3H3;2-6H,1H3;3H,1-2H3;;3*1H/q;;;+3;;;/p-3. The molecule has 29 heavy (non-hydrogen) atoms. The highest BCUT2D eigenvalue weighted by molar-refractivity contribution is 7.54. The second-order valence-corrected chi connectivity index (χ2v) is 13.6. The lowest BCUT2D eigenvalue weighted by Gasteiger charge is -2.03. The van der Waals surface area contributed by atoms with Crippen LogP contribution in [-0.2, 0) is 4.79 Å². The van der Waals surface area contributed by atoms with Gasteiger partial charge in [0, 0.05) is 17.4 Å². The summed E-state index contributed by atoms with van der Waals surface area (Å²) in [6.45, 7) is 11.5. The van der Waals surface area contributed by atoms with Crippen molar-refractivity contribution in [1.29, 1.82) is 0 Å². The van der Waals surface area contributed by atoms with E-state index in [1.165, 1.54) is 11.1 Å². The van der Waals surface area contributed by atoms with Gasteiger partial charge in [-0.2, -0.15) is 0 Å². The summed E-state index contributed by atoms with van der Waals surface area (Å²) >= 11 is 3.25. The number of carbonyl (C=O) groups excluding carboxylic acids is 2. The van der Waals surface area contributed by atoms with Gasteiger partial charge >= 0.3 is 11.4 Å². The van der Waals surface area contributed by atoms with Gasteiger partial charge in [-0.25, -0.2) is 30.1 Å². The monoisotopic (exact) mass is 492 g/mol. The molecule has 160 valence electrons. The van der Waals surface area contributed by atoms with Crippen LogP contribution in [0.4, 0.5) is 0 Å². The molecule has 2 nitrogen and oxygen atoms in total. The molecule has 0 fully saturated rings. The third-order valence-electron chi connectivity index (χ3n) is 3.25. The Balaban J connectivity index is 0. The first-order valence-corrected chi connectivity index (χ1v) is 14.7. The van der Waals surface area contributed by atoms with Gasteiger partial charge in [0.05, 0.1) is 0 Å². The van der Waals surface area contributed by atoms with E-state index in [1.54, 1.807) is 13.8 Å². The molecular weight excluding hydrogens is 465 g/mol. The van der Waals surface area contributed by atoms with E-state index in [1.807, 2.05) is 63.2 Å². The smallest absolute Gasteiger partial charge is 0.294 e. The Labute approximate surface area is 197 Å². The molecule has 2 aromatic carbocycles. The fourth-order valence-electron chi connectivity index (χ4n) is 1.59. The van der Waals surface area contributed by atoms with Crippen LogP contribution in [-0.4, -0.2) is 22.4 Å². The van der Waals surface area contributed by atoms with E-state index in [0.29, 0.717) is 0 Å². The molecule has 0 aliphatic heterocycles. The summed E-state index contributed by atoms with van der Waals surface area (Å²) < 4.78 is 0. The van der Waals surface area contributed by atoms with Gasteiger partial charge in [0.2, 0.25) is 5.24 Å². The molecule has 0 aromatic heterocycles. The summed E-state index contributed by atoms with van der Waals surface area (Å²) in [7, 11) is 14.8. The van der Waals surface area contributed by atoms with Crippen molar-refractivity contribution in [2.45, 2.75) is 41.5 Å². The van der Waals surface area contributed by atoms with Gasteiger partial charge in [-0.3, -0.25) is 9.59 Å². The van der Waals surface area contributed by atoms with Crippen molar-refractivity contribution < 1.29 is 9.59 Å². The fourth-order valence-corrected chi connectivity index (χ4v) is 1.59. The average Bonchev–Trinajstić information content (AvgIpc) is 2.63. The van der Waals surface area contributed by atoms with Crippen molar-refractivity contribution in [3.63, 3.8) is 0 Å². The Hall–Kier alpha value is -0.528. The van der Waals surface area contributed by atoms with Gasteiger partial charge in [-0.15, -0.1) is 0 Å². The van der Waals surface area contributed by atoms with Crippen molar-refractivity contribution in [3.8, 4) is 0 Å². The van der Waals surface area contributed by atoms with Crippen molar-refractivity contribution in [3.05, 3.63) is 71.3 Å². The highest BCUT2D eigenvalue weighted by Gasteiger charge is 2.08. The molecule has 0 radical (unpaired) electrons. The lowest BCUT2D eigenvalue weighted by atomic mass is 10.0. The Morgan fingerprint density at radius 3 is 1.31 bits per heavy atom. The predicted molar refractivity (Wildman–Crippen MR) is 131 cm³/mol. The summed E-state index contributed by atoms with van der Waals surface area (Å²) in [6.07, 6.45) is 0. The number of aryl methyl sites for hydroxylation is 2. The highest BCUT2D eigenvalue weighted by atomic mass is 35.8.